The minimum Gasteiger partial charge on any atom is -0.338 e. The number of fused-ring (bicyclic) bond motifs is 1. The molecule has 0 aliphatic heterocycles. The van der Waals surface area contributed by atoms with E-state index < -0.39 is 0 Å². The molecular formula is C14H12ClN5. The van der Waals surface area contributed by atoms with E-state index in [-0.39, 0.29) is 0 Å². The van der Waals surface area contributed by atoms with Crippen LogP contribution in [0, 0.1) is 6.92 Å². The van der Waals surface area contributed by atoms with Gasteiger partial charge in [0.05, 0.1) is 6.20 Å². The van der Waals surface area contributed by atoms with E-state index >= 15 is 0 Å². The third-order valence-electron chi connectivity index (χ3n) is 3.01. The van der Waals surface area contributed by atoms with Crippen LogP contribution in [0.5, 0.6) is 0 Å². The van der Waals surface area contributed by atoms with E-state index in [1.165, 1.54) is 12.7 Å². The standard InChI is InChI=1S/C14H12ClN5/c1-9-2-3-10(5-15)4-11(9)20-14-13-12(17-8-19-14)6-16-7-18-13/h2-4,6-8H,5H2,1H3,(H,17,19,20). The van der Waals surface area contributed by atoms with Crippen molar-refractivity contribution in [3.63, 3.8) is 0 Å². The molecule has 3 rings (SSSR count). The number of alkyl halides is 1. The fraction of sp³-hybridized carbons (Fsp3) is 0.143. The van der Waals surface area contributed by atoms with Gasteiger partial charge in [0.25, 0.3) is 0 Å². The number of hydrogen-bond donors (Lipinski definition) is 1. The van der Waals surface area contributed by atoms with Crippen LogP contribution in [0.15, 0.2) is 37.1 Å². The fourth-order valence-electron chi connectivity index (χ4n) is 1.92. The summed E-state index contributed by atoms with van der Waals surface area (Å²) in [6.07, 6.45) is 4.64. The Bertz CT molecular complexity index is 754. The largest absolute Gasteiger partial charge is 0.338 e. The first-order valence-corrected chi connectivity index (χ1v) is 6.64. The number of benzene rings is 1. The highest BCUT2D eigenvalue weighted by Gasteiger charge is 2.07. The molecule has 1 aromatic carbocycles. The van der Waals surface area contributed by atoms with Crippen molar-refractivity contribution in [3.8, 4) is 0 Å². The molecule has 6 heteroatoms. The van der Waals surface area contributed by atoms with Gasteiger partial charge in [-0.05, 0) is 24.1 Å². The molecule has 0 aliphatic rings. The zero-order valence-corrected chi connectivity index (χ0v) is 11.6. The van der Waals surface area contributed by atoms with E-state index in [0.717, 1.165) is 16.8 Å². The van der Waals surface area contributed by atoms with Crippen molar-refractivity contribution in [2.45, 2.75) is 12.8 Å². The maximum absolute atomic E-state index is 5.88. The second-order valence-corrected chi connectivity index (χ2v) is 4.65. The quantitative estimate of drug-likeness (QED) is 0.749. The molecule has 0 amide bonds. The lowest BCUT2D eigenvalue weighted by molar-refractivity contribution is 1.14. The smallest absolute Gasteiger partial charge is 0.160 e. The minimum absolute atomic E-state index is 0.474. The summed E-state index contributed by atoms with van der Waals surface area (Å²) in [5.41, 5.74) is 4.52. The van der Waals surface area contributed by atoms with Gasteiger partial charge in [-0.3, -0.25) is 0 Å². The van der Waals surface area contributed by atoms with Gasteiger partial charge in [0, 0.05) is 11.6 Å². The Morgan fingerprint density at radius 2 is 2.05 bits per heavy atom. The third-order valence-corrected chi connectivity index (χ3v) is 3.32. The Morgan fingerprint density at radius 3 is 2.90 bits per heavy atom. The van der Waals surface area contributed by atoms with Crippen LogP contribution in [-0.2, 0) is 5.88 Å². The van der Waals surface area contributed by atoms with Gasteiger partial charge in [-0.25, -0.2) is 19.9 Å². The molecule has 0 saturated heterocycles. The lowest BCUT2D eigenvalue weighted by Gasteiger charge is -2.11. The average Bonchev–Trinajstić information content (AvgIpc) is 2.50. The number of anilines is 2. The molecule has 5 nitrogen and oxygen atoms in total. The molecule has 0 fully saturated rings. The summed E-state index contributed by atoms with van der Waals surface area (Å²) in [5.74, 6) is 1.13. The summed E-state index contributed by atoms with van der Waals surface area (Å²) in [4.78, 5) is 16.6. The van der Waals surface area contributed by atoms with Crippen LogP contribution < -0.4 is 5.32 Å². The fourth-order valence-corrected chi connectivity index (χ4v) is 2.08. The van der Waals surface area contributed by atoms with Gasteiger partial charge in [0.1, 0.15) is 23.7 Å². The van der Waals surface area contributed by atoms with Gasteiger partial charge < -0.3 is 5.32 Å². The summed E-state index contributed by atoms with van der Waals surface area (Å²) < 4.78 is 0. The van der Waals surface area contributed by atoms with Crippen molar-refractivity contribution < 1.29 is 0 Å². The first kappa shape index (κ1) is 12.7. The van der Waals surface area contributed by atoms with E-state index in [0.29, 0.717) is 22.7 Å². The van der Waals surface area contributed by atoms with Crippen molar-refractivity contribution in [1.82, 2.24) is 19.9 Å². The number of aryl methyl sites for hydroxylation is 1. The van der Waals surface area contributed by atoms with Crippen molar-refractivity contribution in [2.24, 2.45) is 0 Å². The molecule has 0 aliphatic carbocycles. The Morgan fingerprint density at radius 1 is 1.15 bits per heavy atom. The van der Waals surface area contributed by atoms with Gasteiger partial charge in [-0.1, -0.05) is 12.1 Å². The summed E-state index contributed by atoms with van der Waals surface area (Å²) in [6, 6.07) is 6.05. The SMILES string of the molecule is Cc1ccc(CCl)cc1Nc1ncnc2cncnc12. The van der Waals surface area contributed by atoms with Crippen LogP contribution in [0.3, 0.4) is 0 Å². The second-order valence-electron chi connectivity index (χ2n) is 4.39. The molecule has 0 bridgehead atoms. The molecule has 0 saturated carbocycles. The molecule has 0 atom stereocenters. The zero-order valence-electron chi connectivity index (χ0n) is 10.8. The molecule has 2 heterocycles. The van der Waals surface area contributed by atoms with Crippen molar-refractivity contribution in [2.75, 3.05) is 5.32 Å². The zero-order chi connectivity index (χ0) is 13.9. The van der Waals surface area contributed by atoms with Crippen LogP contribution in [0.4, 0.5) is 11.5 Å². The van der Waals surface area contributed by atoms with Gasteiger partial charge >= 0.3 is 0 Å². The topological polar surface area (TPSA) is 63.6 Å². The lowest BCUT2D eigenvalue weighted by atomic mass is 10.1. The molecule has 3 aromatic rings. The van der Waals surface area contributed by atoms with Crippen LogP contribution in [0.2, 0.25) is 0 Å². The van der Waals surface area contributed by atoms with Gasteiger partial charge in [-0.15, -0.1) is 11.6 Å². The van der Waals surface area contributed by atoms with Crippen LogP contribution in [0.1, 0.15) is 11.1 Å². The Labute approximate surface area is 121 Å². The summed E-state index contributed by atoms with van der Waals surface area (Å²) in [5, 5.41) is 3.29. The predicted molar refractivity (Wildman–Crippen MR) is 79.1 cm³/mol. The van der Waals surface area contributed by atoms with Gasteiger partial charge in [0.15, 0.2) is 5.82 Å². The number of nitrogens with one attached hydrogen (secondary N) is 1. The van der Waals surface area contributed by atoms with E-state index in [1.54, 1.807) is 6.20 Å². The molecule has 100 valence electrons. The first-order valence-electron chi connectivity index (χ1n) is 6.11. The normalized spacial score (nSPS) is 10.7. The Hall–Kier alpha value is -2.27. The van der Waals surface area contributed by atoms with Crippen LogP contribution in [0.25, 0.3) is 11.0 Å². The van der Waals surface area contributed by atoms with E-state index in [9.17, 15) is 0 Å². The van der Waals surface area contributed by atoms with E-state index in [1.807, 2.05) is 25.1 Å². The maximum Gasteiger partial charge on any atom is 0.160 e. The predicted octanol–water partition coefficient (Wildman–Crippen LogP) is 3.21. The molecule has 20 heavy (non-hydrogen) atoms. The number of hydrogen-bond acceptors (Lipinski definition) is 5. The highest BCUT2D eigenvalue weighted by atomic mass is 35.5. The Kier molecular flexibility index (Phi) is 3.43. The van der Waals surface area contributed by atoms with Crippen molar-refractivity contribution in [3.05, 3.63) is 48.2 Å². The molecule has 0 radical (unpaired) electrons. The number of rotatable bonds is 3. The maximum atomic E-state index is 5.88. The lowest BCUT2D eigenvalue weighted by Crippen LogP contribution is -2.00. The summed E-state index contributed by atoms with van der Waals surface area (Å²) >= 11 is 5.88. The molecule has 0 spiro atoms. The monoisotopic (exact) mass is 285 g/mol. The minimum atomic E-state index is 0.474. The summed E-state index contributed by atoms with van der Waals surface area (Å²) in [7, 11) is 0. The number of halogens is 1. The first-order chi connectivity index (χ1) is 9.78. The molecule has 1 N–H and O–H groups in total. The molecular weight excluding hydrogens is 274 g/mol. The van der Waals surface area contributed by atoms with Crippen molar-refractivity contribution in [1.29, 1.82) is 0 Å². The highest BCUT2D eigenvalue weighted by molar-refractivity contribution is 6.17. The third kappa shape index (κ3) is 2.40. The van der Waals surface area contributed by atoms with Gasteiger partial charge in [-0.2, -0.15) is 0 Å². The van der Waals surface area contributed by atoms with Crippen molar-refractivity contribution >= 4 is 34.1 Å². The number of nitrogens with zero attached hydrogens (tertiary/aromatic N) is 4. The summed E-state index contributed by atoms with van der Waals surface area (Å²) in [6.45, 7) is 2.03. The molecule has 0 unspecified atom stereocenters. The van der Waals surface area contributed by atoms with Crippen LogP contribution in [-0.4, -0.2) is 19.9 Å². The highest BCUT2D eigenvalue weighted by Crippen LogP contribution is 2.24. The second kappa shape index (κ2) is 5.38. The Balaban J connectivity index is 2.05. The average molecular weight is 286 g/mol. The number of aromatic nitrogens is 4. The van der Waals surface area contributed by atoms with E-state index in [4.69, 9.17) is 11.6 Å². The van der Waals surface area contributed by atoms with E-state index in [2.05, 4.69) is 25.3 Å². The molecule has 2 aromatic heterocycles. The van der Waals surface area contributed by atoms with Crippen LogP contribution >= 0.6 is 11.6 Å². The van der Waals surface area contributed by atoms with Gasteiger partial charge in [0.2, 0.25) is 0 Å².